The van der Waals surface area contributed by atoms with Crippen LogP contribution >= 0.6 is 0 Å². The maximum Gasteiger partial charge on any atom is 0.127 e. The van der Waals surface area contributed by atoms with E-state index in [9.17, 15) is 0 Å². The summed E-state index contributed by atoms with van der Waals surface area (Å²) < 4.78 is 5.76. The van der Waals surface area contributed by atoms with Gasteiger partial charge in [-0.25, -0.2) is 0 Å². The molecule has 0 heterocycles. The Hall–Kier alpha value is -1.96. The van der Waals surface area contributed by atoms with Crippen molar-refractivity contribution < 1.29 is 4.74 Å². The van der Waals surface area contributed by atoms with Crippen LogP contribution in [-0.2, 0) is 0 Å². The van der Waals surface area contributed by atoms with Gasteiger partial charge in [0.05, 0.1) is 0 Å². The zero-order chi connectivity index (χ0) is 13.0. The van der Waals surface area contributed by atoms with Crippen molar-refractivity contribution in [3.05, 3.63) is 54.6 Å². The van der Waals surface area contributed by atoms with Crippen molar-refractivity contribution in [1.29, 1.82) is 0 Å². The van der Waals surface area contributed by atoms with Gasteiger partial charge in [-0.2, -0.15) is 0 Å². The summed E-state index contributed by atoms with van der Waals surface area (Å²) in [6.45, 7) is 4.35. The second kappa shape index (κ2) is 5.58. The first-order chi connectivity index (χ1) is 8.66. The Kier molecular flexibility index (Phi) is 3.88. The van der Waals surface area contributed by atoms with Gasteiger partial charge in [0.1, 0.15) is 11.5 Å². The van der Waals surface area contributed by atoms with Crippen molar-refractivity contribution in [3.8, 4) is 11.5 Å². The lowest BCUT2D eigenvalue weighted by Crippen LogP contribution is -2.25. The van der Waals surface area contributed by atoms with E-state index >= 15 is 0 Å². The van der Waals surface area contributed by atoms with Gasteiger partial charge in [0.25, 0.3) is 0 Å². The van der Waals surface area contributed by atoms with Crippen molar-refractivity contribution >= 4 is 5.69 Å². The molecule has 2 aromatic carbocycles. The monoisotopic (exact) mass is 241 g/mol. The molecule has 2 heteroatoms. The van der Waals surface area contributed by atoms with E-state index in [1.165, 1.54) is 5.69 Å². The Labute approximate surface area is 109 Å². The van der Waals surface area contributed by atoms with Crippen LogP contribution in [0.1, 0.15) is 13.8 Å². The molecule has 0 aliphatic heterocycles. The molecule has 0 unspecified atom stereocenters. The first kappa shape index (κ1) is 12.5. The molecule has 0 spiro atoms. The second-order valence-corrected chi connectivity index (χ2v) is 4.61. The average Bonchev–Trinajstić information content (AvgIpc) is 2.40. The number of benzene rings is 2. The minimum absolute atomic E-state index is 0.492. The molecule has 0 fully saturated rings. The van der Waals surface area contributed by atoms with Crippen LogP contribution in [0.15, 0.2) is 54.6 Å². The summed E-state index contributed by atoms with van der Waals surface area (Å²) in [4.78, 5) is 2.23. The number of hydrogen-bond acceptors (Lipinski definition) is 2. The lowest BCUT2D eigenvalue weighted by Gasteiger charge is -2.23. The first-order valence-electron chi connectivity index (χ1n) is 6.22. The molecule has 2 nitrogen and oxygen atoms in total. The van der Waals surface area contributed by atoms with Crippen molar-refractivity contribution in [2.45, 2.75) is 19.9 Å². The molecule has 0 aliphatic carbocycles. The van der Waals surface area contributed by atoms with Crippen LogP contribution in [0.3, 0.4) is 0 Å². The van der Waals surface area contributed by atoms with Crippen molar-refractivity contribution in [2.24, 2.45) is 0 Å². The van der Waals surface area contributed by atoms with E-state index in [0.29, 0.717) is 6.04 Å². The first-order valence-corrected chi connectivity index (χ1v) is 6.22. The van der Waals surface area contributed by atoms with Crippen LogP contribution < -0.4 is 9.64 Å². The average molecular weight is 241 g/mol. The maximum absolute atomic E-state index is 5.76. The predicted octanol–water partition coefficient (Wildman–Crippen LogP) is 4.32. The summed E-state index contributed by atoms with van der Waals surface area (Å²) in [6.07, 6.45) is 0. The Morgan fingerprint density at radius 3 is 1.94 bits per heavy atom. The van der Waals surface area contributed by atoms with E-state index in [1.807, 2.05) is 42.5 Å². The highest BCUT2D eigenvalue weighted by Gasteiger charge is 2.04. The highest BCUT2D eigenvalue weighted by Crippen LogP contribution is 2.24. The van der Waals surface area contributed by atoms with Gasteiger partial charge in [-0.15, -0.1) is 0 Å². The minimum atomic E-state index is 0.492. The van der Waals surface area contributed by atoms with Gasteiger partial charge in [0, 0.05) is 18.8 Å². The van der Waals surface area contributed by atoms with E-state index in [1.54, 1.807) is 0 Å². The molecule has 18 heavy (non-hydrogen) atoms. The molecule has 0 atom stereocenters. The molecule has 0 amide bonds. The third-order valence-corrected chi connectivity index (χ3v) is 3.00. The predicted molar refractivity (Wildman–Crippen MR) is 76.5 cm³/mol. The van der Waals surface area contributed by atoms with E-state index in [2.05, 4.69) is 37.9 Å². The van der Waals surface area contributed by atoms with Crippen LogP contribution in [-0.4, -0.2) is 13.1 Å². The van der Waals surface area contributed by atoms with E-state index in [4.69, 9.17) is 4.74 Å². The summed E-state index contributed by atoms with van der Waals surface area (Å²) >= 11 is 0. The summed E-state index contributed by atoms with van der Waals surface area (Å²) in [5, 5.41) is 0. The van der Waals surface area contributed by atoms with Crippen LogP contribution in [0.25, 0.3) is 0 Å². The minimum Gasteiger partial charge on any atom is -0.457 e. The summed E-state index contributed by atoms with van der Waals surface area (Å²) in [6, 6.07) is 18.5. The van der Waals surface area contributed by atoms with Gasteiger partial charge in [-0.05, 0) is 50.2 Å². The number of anilines is 1. The van der Waals surface area contributed by atoms with Crippen molar-refractivity contribution in [2.75, 3.05) is 11.9 Å². The topological polar surface area (TPSA) is 12.5 Å². The molecular formula is C16H19NO. The number of rotatable bonds is 4. The van der Waals surface area contributed by atoms with E-state index < -0.39 is 0 Å². The lowest BCUT2D eigenvalue weighted by atomic mass is 10.2. The van der Waals surface area contributed by atoms with Crippen molar-refractivity contribution in [3.63, 3.8) is 0 Å². The van der Waals surface area contributed by atoms with Gasteiger partial charge in [0.15, 0.2) is 0 Å². The van der Waals surface area contributed by atoms with E-state index in [0.717, 1.165) is 11.5 Å². The molecule has 2 aromatic rings. The van der Waals surface area contributed by atoms with Gasteiger partial charge < -0.3 is 9.64 Å². The van der Waals surface area contributed by atoms with E-state index in [-0.39, 0.29) is 0 Å². The standard InChI is InChI=1S/C16H19NO/c1-13(2)17(3)14-9-11-16(12-10-14)18-15-7-5-4-6-8-15/h4-13H,1-3H3. The van der Waals surface area contributed by atoms with Gasteiger partial charge in [-0.3, -0.25) is 0 Å². The molecule has 94 valence electrons. The third kappa shape index (κ3) is 3.04. The fourth-order valence-electron chi connectivity index (χ4n) is 1.67. The molecule has 0 radical (unpaired) electrons. The molecule has 0 N–H and O–H groups in total. The smallest absolute Gasteiger partial charge is 0.127 e. The zero-order valence-electron chi connectivity index (χ0n) is 11.1. The molecular weight excluding hydrogens is 222 g/mol. The van der Waals surface area contributed by atoms with Crippen LogP contribution in [0.5, 0.6) is 11.5 Å². The fourth-order valence-corrected chi connectivity index (χ4v) is 1.67. The second-order valence-electron chi connectivity index (χ2n) is 4.61. The van der Waals surface area contributed by atoms with Crippen molar-refractivity contribution in [1.82, 2.24) is 0 Å². The number of nitrogens with zero attached hydrogens (tertiary/aromatic N) is 1. The largest absolute Gasteiger partial charge is 0.457 e. The van der Waals surface area contributed by atoms with Crippen LogP contribution in [0, 0.1) is 0 Å². The van der Waals surface area contributed by atoms with Gasteiger partial charge in [-0.1, -0.05) is 18.2 Å². The molecule has 0 saturated carbocycles. The Bertz CT molecular complexity index is 476. The SMILES string of the molecule is CC(C)N(C)c1ccc(Oc2ccccc2)cc1. The molecule has 2 rings (SSSR count). The number of ether oxygens (including phenoxy) is 1. The molecule has 0 aromatic heterocycles. The molecule has 0 saturated heterocycles. The third-order valence-electron chi connectivity index (χ3n) is 3.00. The summed E-state index contributed by atoms with van der Waals surface area (Å²) in [5.41, 5.74) is 1.20. The normalized spacial score (nSPS) is 10.4. The number of para-hydroxylation sites is 1. The quantitative estimate of drug-likeness (QED) is 0.790. The highest BCUT2D eigenvalue weighted by molar-refractivity contribution is 5.49. The molecule has 0 aliphatic rings. The fraction of sp³-hybridized carbons (Fsp3) is 0.250. The Morgan fingerprint density at radius 1 is 0.833 bits per heavy atom. The molecule has 0 bridgehead atoms. The Morgan fingerprint density at radius 2 is 1.39 bits per heavy atom. The highest BCUT2D eigenvalue weighted by atomic mass is 16.5. The lowest BCUT2D eigenvalue weighted by molar-refractivity contribution is 0.482. The van der Waals surface area contributed by atoms with Gasteiger partial charge >= 0.3 is 0 Å². The summed E-state index contributed by atoms with van der Waals surface area (Å²) in [5.74, 6) is 1.73. The summed E-state index contributed by atoms with van der Waals surface area (Å²) in [7, 11) is 2.09. The Balaban J connectivity index is 2.09. The maximum atomic E-state index is 5.76. The zero-order valence-corrected chi connectivity index (χ0v) is 11.1. The van der Waals surface area contributed by atoms with Gasteiger partial charge in [0.2, 0.25) is 0 Å². The van der Waals surface area contributed by atoms with Crippen LogP contribution in [0.2, 0.25) is 0 Å². The number of hydrogen-bond donors (Lipinski definition) is 0. The van der Waals surface area contributed by atoms with Crippen LogP contribution in [0.4, 0.5) is 5.69 Å².